The van der Waals surface area contributed by atoms with E-state index < -0.39 is 0 Å². The minimum absolute atomic E-state index is 0. The van der Waals surface area contributed by atoms with Crippen molar-refractivity contribution in [3.8, 4) is 0 Å². The molecule has 0 atom stereocenters. The predicted molar refractivity (Wildman–Crippen MR) is 440 cm³/mol. The van der Waals surface area contributed by atoms with Gasteiger partial charge >= 0.3 is 0 Å². The Morgan fingerprint density at radius 3 is 1.24 bits per heavy atom. The van der Waals surface area contributed by atoms with Crippen LogP contribution in [0.3, 0.4) is 0 Å². The molecule has 0 fully saturated rings. The van der Waals surface area contributed by atoms with Crippen molar-refractivity contribution in [1.29, 1.82) is 0 Å². The van der Waals surface area contributed by atoms with Crippen LogP contribution in [-0.4, -0.2) is 44.9 Å². The predicted octanol–water partition coefficient (Wildman–Crippen LogP) is 25.0. The topological polar surface area (TPSA) is 116 Å². The Balaban J connectivity index is 0.000000248. The molecule has 4 aliphatic rings. The third kappa shape index (κ3) is 25.3. The van der Waals surface area contributed by atoms with E-state index >= 15 is 0 Å². The smallest absolute Gasteiger partial charge is 0.134 e. The number of pyridine rings is 4. The van der Waals surface area contributed by atoms with Crippen LogP contribution in [0.15, 0.2) is 134 Å². The minimum Gasteiger partial charge on any atom is -0.260 e. The van der Waals surface area contributed by atoms with Gasteiger partial charge in [-0.1, -0.05) is 248 Å². The molecule has 0 unspecified atom stereocenters. The molecular formula is C91H133N9S. The van der Waals surface area contributed by atoms with Crippen molar-refractivity contribution < 1.29 is 0 Å². The van der Waals surface area contributed by atoms with Crippen molar-refractivity contribution in [2.45, 2.75) is 316 Å². The summed E-state index contributed by atoms with van der Waals surface area (Å²) in [5, 5.41) is 6.10. The molecule has 0 saturated carbocycles. The van der Waals surface area contributed by atoms with E-state index in [4.69, 9.17) is 9.97 Å². The van der Waals surface area contributed by atoms with Gasteiger partial charge in [0.1, 0.15) is 11.6 Å². The van der Waals surface area contributed by atoms with Crippen LogP contribution >= 0.6 is 11.3 Å². The number of fused-ring (bicyclic) bond motifs is 7. The Kier molecular flexibility index (Phi) is 31.4. The van der Waals surface area contributed by atoms with Gasteiger partial charge in [-0.25, -0.2) is 24.9 Å². The molecule has 0 aliphatic heterocycles. The highest BCUT2D eigenvalue weighted by Crippen LogP contribution is 2.34. The van der Waals surface area contributed by atoms with Gasteiger partial charge in [0.05, 0.1) is 21.7 Å². The molecule has 101 heavy (non-hydrogen) atoms. The summed E-state index contributed by atoms with van der Waals surface area (Å²) in [6, 6.07) is 37.8. The summed E-state index contributed by atoms with van der Waals surface area (Å²) in [6.07, 6.45) is 28.3. The zero-order valence-electron chi connectivity index (χ0n) is 63.4. The normalized spacial score (nSPS) is 14.0. The molecule has 0 bridgehead atoms. The van der Waals surface area contributed by atoms with E-state index in [-0.39, 0.29) is 67.6 Å². The van der Waals surface area contributed by atoms with Gasteiger partial charge in [-0.2, -0.15) is 0 Å². The first-order valence-electron chi connectivity index (χ1n) is 36.3. The second kappa shape index (κ2) is 36.8. The second-order valence-electron chi connectivity index (χ2n) is 34.3. The molecule has 7 heterocycles. The van der Waals surface area contributed by atoms with Crippen LogP contribution < -0.4 is 0 Å². The van der Waals surface area contributed by atoms with Gasteiger partial charge in [-0.05, 0) is 167 Å². The van der Waals surface area contributed by atoms with Crippen molar-refractivity contribution in [3.63, 3.8) is 0 Å². The first-order valence-corrected chi connectivity index (χ1v) is 37.1. The molecule has 0 spiro atoms. The van der Waals surface area contributed by atoms with Gasteiger partial charge in [-0.3, -0.25) is 19.9 Å². The molecule has 0 radical (unpaired) electrons. The number of nitrogens with zero attached hydrogens (tertiary/aromatic N) is 9. The van der Waals surface area contributed by atoms with Gasteiger partial charge in [-0.15, -0.1) is 11.3 Å². The molecule has 4 aliphatic carbocycles. The fraction of sp³-hybridized carbons (Fsp3) is 0.527. The van der Waals surface area contributed by atoms with Crippen LogP contribution in [0, 0.1) is 0 Å². The zero-order chi connectivity index (χ0) is 70.6. The molecule has 3 aromatic carbocycles. The number of benzene rings is 3. The SMILES string of the molecule is C.C.C.C.CC(C)(C)c1cc2c(cn1)CCCC2.CC(C)(C)c1cc2ccccc2cn1.CC(C)(C)c1ccc2c(n1)CCCC2.CC(C)(C)c1ccc2ccccc2n1.CC(C)(C)c1nc2c(s1)CCCC2.CC(C)(C)c1ncc2c(n1)CCCC2.CC(C)(C)c1ncc2ccccc2n1. The molecule has 14 rings (SSSR count). The highest BCUT2D eigenvalue weighted by Gasteiger charge is 2.25. The lowest BCUT2D eigenvalue weighted by atomic mass is 9.87. The monoisotopic (exact) mass is 1380 g/mol. The number of para-hydroxylation sites is 2. The summed E-state index contributed by atoms with van der Waals surface area (Å²) in [7, 11) is 0. The number of hydrogen-bond acceptors (Lipinski definition) is 10. The maximum Gasteiger partial charge on any atom is 0.134 e. The van der Waals surface area contributed by atoms with E-state index in [1.807, 2.05) is 72.4 Å². The standard InChI is InChI=1S/C13H19N.C13H15N.C13H19N.C13H15N.C12H18N2.C12H14N2.C11H17NS.4CH4/c2*1-13(2,3)12-8-10-6-4-5-7-11(10)9-14-12;2*1-13(2,3)12-9-8-10-6-4-5-7-11(10)14-12;2*1-12(2,3)11-13-8-9-6-4-5-7-10(9)14-11;1-11(2,3)10-12-8-6-4-5-7-9(8)13-10;;;;/h8-9H,4-7H2,1-3H3;4-9H,1-3H3;8-9H,4-7H2,1-3H3;4-9H,1-3H3;8H,4-7H2,1-3H3;4-8H,1-3H3;4-7H2,1-3H3;4*1H4. The van der Waals surface area contributed by atoms with E-state index in [0.29, 0.717) is 0 Å². The van der Waals surface area contributed by atoms with E-state index in [2.05, 4.69) is 253 Å². The van der Waals surface area contributed by atoms with Crippen LogP contribution in [0.4, 0.5) is 0 Å². The number of aromatic nitrogens is 9. The van der Waals surface area contributed by atoms with Crippen molar-refractivity contribution in [1.82, 2.24) is 44.9 Å². The Hall–Kier alpha value is -7.17. The van der Waals surface area contributed by atoms with Crippen LogP contribution in [0.1, 0.15) is 310 Å². The average Bonchev–Trinajstić information content (AvgIpc) is 1.29. The molecule has 548 valence electrons. The van der Waals surface area contributed by atoms with E-state index in [1.54, 1.807) is 4.88 Å². The lowest BCUT2D eigenvalue weighted by Gasteiger charge is -2.22. The minimum atomic E-state index is 0. The molecule has 10 heteroatoms. The van der Waals surface area contributed by atoms with Crippen LogP contribution in [0.25, 0.3) is 32.6 Å². The zero-order valence-corrected chi connectivity index (χ0v) is 64.3. The van der Waals surface area contributed by atoms with Crippen molar-refractivity contribution in [2.75, 3.05) is 0 Å². The fourth-order valence-corrected chi connectivity index (χ4v) is 13.1. The summed E-state index contributed by atoms with van der Waals surface area (Å²) in [4.78, 5) is 42.8. The number of aryl methyl sites for hydroxylation is 8. The van der Waals surface area contributed by atoms with Gasteiger partial charge in [0, 0.05) is 118 Å². The summed E-state index contributed by atoms with van der Waals surface area (Å²) < 4.78 is 0. The lowest BCUT2D eigenvalue weighted by molar-refractivity contribution is 0.532. The molecule has 7 aromatic heterocycles. The molecule has 9 nitrogen and oxygen atoms in total. The van der Waals surface area contributed by atoms with Crippen LogP contribution in [0.2, 0.25) is 0 Å². The van der Waals surface area contributed by atoms with Crippen molar-refractivity contribution in [3.05, 3.63) is 218 Å². The van der Waals surface area contributed by atoms with Crippen molar-refractivity contribution >= 4 is 43.9 Å². The van der Waals surface area contributed by atoms with Crippen molar-refractivity contribution in [2.24, 2.45) is 0 Å². The Morgan fingerprint density at radius 2 is 0.673 bits per heavy atom. The number of rotatable bonds is 0. The highest BCUT2D eigenvalue weighted by atomic mass is 32.1. The third-order valence-electron chi connectivity index (χ3n) is 18.1. The maximum atomic E-state index is 4.78. The Labute approximate surface area is 618 Å². The molecule has 0 N–H and O–H groups in total. The maximum absolute atomic E-state index is 4.78. The molecule has 0 saturated heterocycles. The summed E-state index contributed by atoms with van der Waals surface area (Å²) in [5.41, 5.74) is 17.7. The second-order valence-corrected chi connectivity index (χ2v) is 35.4. The highest BCUT2D eigenvalue weighted by molar-refractivity contribution is 7.11. The lowest BCUT2D eigenvalue weighted by Crippen LogP contribution is -2.19. The van der Waals surface area contributed by atoms with Gasteiger partial charge in [0.2, 0.25) is 0 Å². The molecular weight excluding hydrogens is 1250 g/mol. The molecule has 10 aromatic rings. The quantitative estimate of drug-likeness (QED) is 0.146. The van der Waals surface area contributed by atoms with E-state index in [9.17, 15) is 0 Å². The van der Waals surface area contributed by atoms with Crippen LogP contribution in [-0.2, 0) is 89.3 Å². The van der Waals surface area contributed by atoms with Gasteiger partial charge < -0.3 is 0 Å². The Morgan fingerprint density at radius 1 is 0.267 bits per heavy atom. The largest absolute Gasteiger partial charge is 0.260 e. The molecule has 0 amide bonds. The third-order valence-corrected chi connectivity index (χ3v) is 19.7. The Bertz CT molecular complexity index is 3780. The van der Waals surface area contributed by atoms with E-state index in [1.165, 1.54) is 168 Å². The summed E-state index contributed by atoms with van der Waals surface area (Å²) in [5.74, 6) is 1.88. The van der Waals surface area contributed by atoms with Gasteiger partial charge in [0.15, 0.2) is 0 Å². The van der Waals surface area contributed by atoms with Crippen LogP contribution in [0.5, 0.6) is 0 Å². The number of thiazole rings is 1. The fourth-order valence-electron chi connectivity index (χ4n) is 11.8. The van der Waals surface area contributed by atoms with E-state index in [0.717, 1.165) is 45.9 Å². The first kappa shape index (κ1) is 86.2. The summed E-state index contributed by atoms with van der Waals surface area (Å²) >= 11 is 1.93. The van der Waals surface area contributed by atoms with Gasteiger partial charge in [0.25, 0.3) is 0 Å². The summed E-state index contributed by atoms with van der Waals surface area (Å²) in [6.45, 7) is 46.1. The first-order chi connectivity index (χ1) is 45.5. The average molecular weight is 1390 g/mol. The number of hydrogen-bond donors (Lipinski definition) is 0.